The minimum atomic E-state index is -2.91. The summed E-state index contributed by atoms with van der Waals surface area (Å²) >= 11 is 0. The van der Waals surface area contributed by atoms with Gasteiger partial charge in [-0.15, -0.1) is 0 Å². The molecule has 0 heterocycles. The monoisotopic (exact) mass is 319 g/mol. The third kappa shape index (κ3) is 4.77. The highest BCUT2D eigenvalue weighted by Gasteiger charge is 2.15. The molecule has 1 atom stereocenters. The summed E-state index contributed by atoms with van der Waals surface area (Å²) in [5.41, 5.74) is 2.44. The number of benzene rings is 2. The first-order valence-electron chi connectivity index (χ1n) is 7.42. The molecule has 2 aromatic carbocycles. The summed E-state index contributed by atoms with van der Waals surface area (Å²) in [6.07, 6.45) is 0.724. The fourth-order valence-corrected chi connectivity index (χ4v) is 2.27. The number of aryl methyl sites for hydroxylation is 1. The molecule has 0 unspecified atom stereocenters. The van der Waals surface area contributed by atoms with E-state index in [1.807, 2.05) is 38.1 Å². The lowest BCUT2D eigenvalue weighted by molar-refractivity contribution is -0.0498. The van der Waals surface area contributed by atoms with Crippen LogP contribution >= 0.6 is 0 Å². The van der Waals surface area contributed by atoms with Gasteiger partial charge in [-0.25, -0.2) is 0 Å². The van der Waals surface area contributed by atoms with E-state index in [1.165, 1.54) is 18.2 Å². The van der Waals surface area contributed by atoms with Crippen molar-refractivity contribution in [1.82, 2.24) is 5.32 Å². The molecule has 0 aromatic heterocycles. The normalized spacial score (nSPS) is 12.0. The summed E-state index contributed by atoms with van der Waals surface area (Å²) in [6, 6.07) is 13.6. The molecule has 0 radical (unpaired) electrons. The highest BCUT2D eigenvalue weighted by atomic mass is 19.3. The van der Waals surface area contributed by atoms with Crippen LogP contribution in [0.3, 0.4) is 0 Å². The molecule has 3 nitrogen and oxygen atoms in total. The second-order valence-electron chi connectivity index (χ2n) is 5.25. The number of carbonyl (C=O) groups excluding carboxylic acids is 1. The SMILES string of the molecule is CC[C@H](NC(=O)c1cccc(OC(F)F)c1)c1ccc(C)cc1. The van der Waals surface area contributed by atoms with Crippen LogP contribution in [-0.2, 0) is 0 Å². The van der Waals surface area contributed by atoms with E-state index >= 15 is 0 Å². The Morgan fingerprint density at radius 2 is 1.87 bits per heavy atom. The zero-order valence-corrected chi connectivity index (χ0v) is 13.1. The molecule has 0 saturated carbocycles. The van der Waals surface area contributed by atoms with Crippen LogP contribution in [0.1, 0.15) is 40.9 Å². The Bertz CT molecular complexity index is 656. The summed E-state index contributed by atoms with van der Waals surface area (Å²) in [6.45, 7) is 1.06. The summed E-state index contributed by atoms with van der Waals surface area (Å²) in [7, 11) is 0. The van der Waals surface area contributed by atoms with Gasteiger partial charge in [-0.2, -0.15) is 8.78 Å². The molecule has 23 heavy (non-hydrogen) atoms. The van der Waals surface area contributed by atoms with Gasteiger partial charge in [0, 0.05) is 5.56 Å². The molecular formula is C18H19F2NO2. The van der Waals surface area contributed by atoms with Crippen molar-refractivity contribution in [2.75, 3.05) is 0 Å². The first-order chi connectivity index (χ1) is 11.0. The third-order valence-corrected chi connectivity index (χ3v) is 3.51. The van der Waals surface area contributed by atoms with E-state index < -0.39 is 6.61 Å². The number of alkyl halides is 2. The van der Waals surface area contributed by atoms with Crippen molar-refractivity contribution < 1.29 is 18.3 Å². The van der Waals surface area contributed by atoms with Gasteiger partial charge in [0.15, 0.2) is 0 Å². The van der Waals surface area contributed by atoms with Gasteiger partial charge in [-0.3, -0.25) is 4.79 Å². The maximum atomic E-state index is 12.3. The number of ether oxygens (including phenoxy) is 1. The van der Waals surface area contributed by atoms with E-state index in [0.29, 0.717) is 0 Å². The Hall–Kier alpha value is -2.43. The van der Waals surface area contributed by atoms with E-state index in [1.54, 1.807) is 6.07 Å². The zero-order valence-electron chi connectivity index (χ0n) is 13.1. The first-order valence-corrected chi connectivity index (χ1v) is 7.42. The minimum Gasteiger partial charge on any atom is -0.435 e. The first kappa shape index (κ1) is 16.9. The number of carbonyl (C=O) groups is 1. The van der Waals surface area contributed by atoms with E-state index in [-0.39, 0.29) is 23.3 Å². The van der Waals surface area contributed by atoms with Gasteiger partial charge in [0.2, 0.25) is 0 Å². The van der Waals surface area contributed by atoms with Gasteiger partial charge >= 0.3 is 6.61 Å². The van der Waals surface area contributed by atoms with Crippen molar-refractivity contribution in [2.45, 2.75) is 32.9 Å². The van der Waals surface area contributed by atoms with E-state index in [2.05, 4.69) is 10.1 Å². The van der Waals surface area contributed by atoms with Crippen molar-refractivity contribution in [3.05, 3.63) is 65.2 Å². The lowest BCUT2D eigenvalue weighted by atomic mass is 10.0. The molecule has 0 fully saturated rings. The summed E-state index contributed by atoms with van der Waals surface area (Å²) in [5, 5.41) is 2.92. The Morgan fingerprint density at radius 1 is 1.17 bits per heavy atom. The number of nitrogens with one attached hydrogen (secondary N) is 1. The average Bonchev–Trinajstić information content (AvgIpc) is 2.53. The summed E-state index contributed by atoms with van der Waals surface area (Å²) in [5.74, 6) is -0.354. The third-order valence-electron chi connectivity index (χ3n) is 3.51. The van der Waals surface area contributed by atoms with Crippen LogP contribution in [0.15, 0.2) is 48.5 Å². The Morgan fingerprint density at radius 3 is 2.48 bits per heavy atom. The molecular weight excluding hydrogens is 300 g/mol. The molecule has 0 saturated heterocycles. The lowest BCUT2D eigenvalue weighted by Crippen LogP contribution is -2.28. The lowest BCUT2D eigenvalue weighted by Gasteiger charge is -2.18. The van der Waals surface area contributed by atoms with Crippen molar-refractivity contribution in [2.24, 2.45) is 0 Å². The Kier molecular flexibility index (Phi) is 5.68. The smallest absolute Gasteiger partial charge is 0.387 e. The fourth-order valence-electron chi connectivity index (χ4n) is 2.27. The van der Waals surface area contributed by atoms with Gasteiger partial charge in [-0.1, -0.05) is 42.8 Å². The largest absolute Gasteiger partial charge is 0.435 e. The Labute approximate surface area is 134 Å². The maximum absolute atomic E-state index is 12.3. The second kappa shape index (κ2) is 7.72. The zero-order chi connectivity index (χ0) is 16.8. The van der Waals surface area contributed by atoms with E-state index in [9.17, 15) is 13.6 Å². The van der Waals surface area contributed by atoms with Gasteiger partial charge in [0.05, 0.1) is 6.04 Å². The number of halogens is 2. The van der Waals surface area contributed by atoms with Crippen molar-refractivity contribution >= 4 is 5.91 Å². The van der Waals surface area contributed by atoms with Gasteiger partial charge < -0.3 is 10.1 Å². The Balaban J connectivity index is 2.11. The van der Waals surface area contributed by atoms with Crippen LogP contribution in [0, 0.1) is 6.92 Å². The van der Waals surface area contributed by atoms with E-state index in [4.69, 9.17) is 0 Å². The van der Waals surface area contributed by atoms with Crippen LogP contribution in [0.2, 0.25) is 0 Å². The van der Waals surface area contributed by atoms with Crippen molar-refractivity contribution in [3.63, 3.8) is 0 Å². The number of hydrogen-bond donors (Lipinski definition) is 1. The summed E-state index contributed by atoms with van der Waals surface area (Å²) < 4.78 is 28.8. The topological polar surface area (TPSA) is 38.3 Å². The molecule has 0 aliphatic rings. The number of rotatable bonds is 6. The molecule has 0 bridgehead atoms. The second-order valence-corrected chi connectivity index (χ2v) is 5.25. The predicted octanol–water partition coefficient (Wildman–Crippen LogP) is 4.48. The van der Waals surface area contributed by atoms with Gasteiger partial charge in [0.1, 0.15) is 5.75 Å². The van der Waals surface area contributed by atoms with Crippen molar-refractivity contribution in [1.29, 1.82) is 0 Å². The maximum Gasteiger partial charge on any atom is 0.387 e. The van der Waals surface area contributed by atoms with Crippen LogP contribution in [-0.4, -0.2) is 12.5 Å². The number of amides is 1. The molecule has 122 valence electrons. The summed E-state index contributed by atoms with van der Waals surface area (Å²) in [4.78, 5) is 12.3. The molecule has 5 heteroatoms. The standard InChI is InChI=1S/C18H19F2NO2/c1-3-16(13-9-7-12(2)8-10-13)21-17(22)14-5-4-6-15(11-14)23-18(19)20/h4-11,16,18H,3H2,1-2H3,(H,21,22)/t16-/m0/s1. The predicted molar refractivity (Wildman–Crippen MR) is 84.8 cm³/mol. The van der Waals surface area contributed by atoms with Crippen LogP contribution in [0.5, 0.6) is 5.75 Å². The highest BCUT2D eigenvalue weighted by molar-refractivity contribution is 5.94. The van der Waals surface area contributed by atoms with Gasteiger partial charge in [-0.05, 0) is 37.1 Å². The fraction of sp³-hybridized carbons (Fsp3) is 0.278. The molecule has 0 aliphatic carbocycles. The van der Waals surface area contributed by atoms with Gasteiger partial charge in [0.25, 0.3) is 5.91 Å². The molecule has 0 spiro atoms. The molecule has 1 amide bonds. The van der Waals surface area contributed by atoms with Crippen molar-refractivity contribution in [3.8, 4) is 5.75 Å². The van der Waals surface area contributed by atoms with Crippen LogP contribution in [0.25, 0.3) is 0 Å². The number of hydrogen-bond acceptors (Lipinski definition) is 2. The quantitative estimate of drug-likeness (QED) is 0.852. The van der Waals surface area contributed by atoms with E-state index in [0.717, 1.165) is 17.5 Å². The molecule has 0 aliphatic heterocycles. The molecule has 1 N–H and O–H groups in total. The molecule has 2 aromatic rings. The highest BCUT2D eigenvalue weighted by Crippen LogP contribution is 2.20. The molecule has 2 rings (SSSR count). The van der Waals surface area contributed by atoms with Crippen LogP contribution in [0.4, 0.5) is 8.78 Å². The minimum absolute atomic E-state index is 0.0314. The van der Waals surface area contributed by atoms with Crippen LogP contribution < -0.4 is 10.1 Å². The average molecular weight is 319 g/mol.